The molecule has 7 heteroatoms. The maximum absolute atomic E-state index is 13.5. The molecule has 0 spiro atoms. The molecule has 0 heterocycles. The standard InChI is InChI=1S/C22H17F2NO4/c23-17-8-11-19(24)20(12-17)25-21(26)13-29-22(27)14-28-18-9-6-16(7-10-18)15-4-2-1-3-5-15/h1-12H,13-14H2,(H,25,26). The summed E-state index contributed by atoms with van der Waals surface area (Å²) in [5.74, 6) is -2.60. The van der Waals surface area contributed by atoms with Crippen molar-refractivity contribution < 1.29 is 27.8 Å². The van der Waals surface area contributed by atoms with E-state index in [9.17, 15) is 18.4 Å². The number of benzene rings is 3. The van der Waals surface area contributed by atoms with Gasteiger partial charge < -0.3 is 14.8 Å². The fourth-order valence-electron chi connectivity index (χ4n) is 2.48. The number of hydrogen-bond acceptors (Lipinski definition) is 4. The van der Waals surface area contributed by atoms with Gasteiger partial charge in [-0.25, -0.2) is 13.6 Å². The molecule has 0 radical (unpaired) electrons. The largest absolute Gasteiger partial charge is 0.482 e. The predicted molar refractivity (Wildman–Crippen MR) is 103 cm³/mol. The Labute approximate surface area is 165 Å². The first-order valence-electron chi connectivity index (χ1n) is 8.70. The van der Waals surface area contributed by atoms with Crippen molar-refractivity contribution in [2.45, 2.75) is 0 Å². The normalized spacial score (nSPS) is 10.3. The number of rotatable bonds is 7. The first kappa shape index (κ1) is 20.0. The molecule has 3 rings (SSSR count). The molecule has 0 unspecified atom stereocenters. The van der Waals surface area contributed by atoms with Crippen LogP contribution in [0.4, 0.5) is 14.5 Å². The first-order chi connectivity index (χ1) is 14.0. The Morgan fingerprint density at radius 3 is 2.24 bits per heavy atom. The number of carbonyl (C=O) groups is 2. The first-order valence-corrected chi connectivity index (χ1v) is 8.70. The molecule has 3 aromatic rings. The number of halogens is 2. The Bertz CT molecular complexity index is 991. The summed E-state index contributed by atoms with van der Waals surface area (Å²) in [4.78, 5) is 23.4. The van der Waals surface area contributed by atoms with Gasteiger partial charge in [-0.3, -0.25) is 4.79 Å². The highest BCUT2D eigenvalue weighted by molar-refractivity contribution is 5.93. The molecule has 1 amide bonds. The minimum absolute atomic E-state index is 0.333. The summed E-state index contributed by atoms with van der Waals surface area (Å²) in [5.41, 5.74) is 1.72. The summed E-state index contributed by atoms with van der Waals surface area (Å²) in [5, 5.41) is 2.13. The molecule has 5 nitrogen and oxygen atoms in total. The zero-order valence-electron chi connectivity index (χ0n) is 15.2. The summed E-state index contributed by atoms with van der Waals surface area (Å²) in [6, 6.07) is 19.6. The maximum Gasteiger partial charge on any atom is 0.344 e. The van der Waals surface area contributed by atoms with Crippen molar-refractivity contribution in [1.29, 1.82) is 0 Å². The van der Waals surface area contributed by atoms with Gasteiger partial charge in [0.25, 0.3) is 5.91 Å². The van der Waals surface area contributed by atoms with Crippen LogP contribution in [0.25, 0.3) is 11.1 Å². The summed E-state index contributed by atoms with van der Waals surface area (Å²) < 4.78 is 36.6. The van der Waals surface area contributed by atoms with E-state index in [1.54, 1.807) is 12.1 Å². The van der Waals surface area contributed by atoms with Crippen LogP contribution in [0, 0.1) is 11.6 Å². The summed E-state index contributed by atoms with van der Waals surface area (Å²) in [7, 11) is 0. The molecule has 0 fully saturated rings. The van der Waals surface area contributed by atoms with Gasteiger partial charge in [0.2, 0.25) is 0 Å². The predicted octanol–water partition coefficient (Wildman–Crippen LogP) is 4.19. The van der Waals surface area contributed by atoms with E-state index in [0.29, 0.717) is 5.75 Å². The van der Waals surface area contributed by atoms with E-state index >= 15 is 0 Å². The number of hydrogen-bond donors (Lipinski definition) is 1. The Hall–Kier alpha value is -3.74. The molecule has 0 aromatic heterocycles. The molecule has 1 N–H and O–H groups in total. The molecule has 0 saturated carbocycles. The highest BCUT2D eigenvalue weighted by atomic mass is 19.1. The number of ether oxygens (including phenoxy) is 2. The monoisotopic (exact) mass is 397 g/mol. The Balaban J connectivity index is 1.44. The third-order valence-corrected chi connectivity index (χ3v) is 3.88. The van der Waals surface area contributed by atoms with Gasteiger partial charge >= 0.3 is 5.97 Å². The van der Waals surface area contributed by atoms with Gasteiger partial charge in [-0.15, -0.1) is 0 Å². The molecule has 0 aliphatic rings. The zero-order valence-corrected chi connectivity index (χ0v) is 15.2. The van der Waals surface area contributed by atoms with E-state index in [1.807, 2.05) is 42.5 Å². The SMILES string of the molecule is O=C(COC(=O)COc1ccc(-c2ccccc2)cc1)Nc1cc(F)ccc1F. The lowest BCUT2D eigenvalue weighted by Crippen LogP contribution is -2.24. The third kappa shape index (κ3) is 5.87. The fourth-order valence-corrected chi connectivity index (χ4v) is 2.48. The van der Waals surface area contributed by atoms with Crippen LogP contribution in [0.2, 0.25) is 0 Å². The van der Waals surface area contributed by atoms with Crippen molar-refractivity contribution in [1.82, 2.24) is 0 Å². The van der Waals surface area contributed by atoms with Crippen LogP contribution in [-0.2, 0) is 14.3 Å². The second kappa shape index (κ2) is 9.45. The van der Waals surface area contributed by atoms with E-state index in [-0.39, 0.29) is 5.69 Å². The lowest BCUT2D eigenvalue weighted by atomic mass is 10.1. The number of carbonyl (C=O) groups excluding carboxylic acids is 2. The minimum atomic E-state index is -0.798. The van der Waals surface area contributed by atoms with Crippen molar-refractivity contribution in [3.8, 4) is 16.9 Å². The van der Waals surface area contributed by atoms with Gasteiger partial charge in [0.15, 0.2) is 13.2 Å². The maximum atomic E-state index is 13.5. The van der Waals surface area contributed by atoms with E-state index in [4.69, 9.17) is 9.47 Å². The molecule has 0 saturated heterocycles. The third-order valence-electron chi connectivity index (χ3n) is 3.88. The lowest BCUT2D eigenvalue weighted by molar-refractivity contribution is -0.149. The molecule has 0 atom stereocenters. The van der Waals surface area contributed by atoms with Gasteiger partial charge in [0.05, 0.1) is 5.69 Å². The van der Waals surface area contributed by atoms with Crippen LogP contribution in [-0.4, -0.2) is 25.1 Å². The van der Waals surface area contributed by atoms with Crippen LogP contribution < -0.4 is 10.1 Å². The Kier molecular flexibility index (Phi) is 6.52. The molecule has 0 aliphatic carbocycles. The summed E-state index contributed by atoms with van der Waals surface area (Å²) in [6.07, 6.45) is 0. The van der Waals surface area contributed by atoms with Crippen LogP contribution in [0.15, 0.2) is 72.8 Å². The quantitative estimate of drug-likeness (QED) is 0.607. The van der Waals surface area contributed by atoms with Crippen molar-refractivity contribution in [3.63, 3.8) is 0 Å². The van der Waals surface area contributed by atoms with E-state index in [2.05, 4.69) is 5.32 Å². The zero-order chi connectivity index (χ0) is 20.6. The smallest absolute Gasteiger partial charge is 0.344 e. The Morgan fingerprint density at radius 1 is 0.828 bits per heavy atom. The molecule has 0 aliphatic heterocycles. The second-order valence-electron chi connectivity index (χ2n) is 6.01. The van der Waals surface area contributed by atoms with E-state index < -0.39 is 36.7 Å². The minimum Gasteiger partial charge on any atom is -0.482 e. The van der Waals surface area contributed by atoms with Crippen molar-refractivity contribution >= 4 is 17.6 Å². The number of anilines is 1. The summed E-state index contributed by atoms with van der Waals surface area (Å²) in [6.45, 7) is -1.04. The van der Waals surface area contributed by atoms with Crippen LogP contribution >= 0.6 is 0 Å². The van der Waals surface area contributed by atoms with Crippen molar-refractivity contribution in [3.05, 3.63) is 84.4 Å². The highest BCUT2D eigenvalue weighted by Crippen LogP contribution is 2.22. The van der Waals surface area contributed by atoms with Crippen molar-refractivity contribution in [2.75, 3.05) is 18.5 Å². The van der Waals surface area contributed by atoms with Gasteiger partial charge in [-0.1, -0.05) is 42.5 Å². The lowest BCUT2D eigenvalue weighted by Gasteiger charge is -2.09. The van der Waals surface area contributed by atoms with Crippen LogP contribution in [0.1, 0.15) is 0 Å². The van der Waals surface area contributed by atoms with Gasteiger partial charge in [-0.05, 0) is 35.4 Å². The number of nitrogens with one attached hydrogen (secondary N) is 1. The van der Waals surface area contributed by atoms with Crippen LogP contribution in [0.3, 0.4) is 0 Å². The molecular formula is C22H17F2NO4. The molecule has 3 aromatic carbocycles. The average Bonchev–Trinajstić information content (AvgIpc) is 2.74. The molecule has 0 bridgehead atoms. The van der Waals surface area contributed by atoms with Gasteiger partial charge in [-0.2, -0.15) is 0 Å². The van der Waals surface area contributed by atoms with Crippen LogP contribution in [0.5, 0.6) is 5.75 Å². The Morgan fingerprint density at radius 2 is 1.52 bits per heavy atom. The molecular weight excluding hydrogens is 380 g/mol. The van der Waals surface area contributed by atoms with Gasteiger partial charge in [0.1, 0.15) is 17.4 Å². The average molecular weight is 397 g/mol. The summed E-state index contributed by atoms with van der Waals surface area (Å²) >= 11 is 0. The van der Waals surface area contributed by atoms with Gasteiger partial charge in [0, 0.05) is 6.07 Å². The second-order valence-corrected chi connectivity index (χ2v) is 6.01. The highest BCUT2D eigenvalue weighted by Gasteiger charge is 2.11. The number of amides is 1. The van der Waals surface area contributed by atoms with Crippen molar-refractivity contribution in [2.24, 2.45) is 0 Å². The van der Waals surface area contributed by atoms with E-state index in [0.717, 1.165) is 29.3 Å². The molecule has 29 heavy (non-hydrogen) atoms. The fraction of sp³-hybridized carbons (Fsp3) is 0.0909. The molecule has 148 valence electrons. The van der Waals surface area contributed by atoms with E-state index in [1.165, 1.54) is 0 Å². The number of esters is 1. The topological polar surface area (TPSA) is 64.6 Å².